The zero-order valence-corrected chi connectivity index (χ0v) is 23.4. The molecule has 39 heavy (non-hydrogen) atoms. The van der Waals surface area contributed by atoms with E-state index in [4.69, 9.17) is 18.9 Å². The number of rotatable bonds is 12. The van der Waals surface area contributed by atoms with Gasteiger partial charge in [0.05, 0.1) is 31.1 Å². The number of sulfonamides is 1. The molecule has 0 bridgehead atoms. The predicted octanol–water partition coefficient (Wildman–Crippen LogP) is 3.54. The summed E-state index contributed by atoms with van der Waals surface area (Å²) in [6.07, 6.45) is 0.266. The Bertz CT molecular complexity index is 1190. The fraction of sp³-hybridized carbons (Fsp3) is 0.536. The van der Waals surface area contributed by atoms with E-state index in [0.717, 1.165) is 12.0 Å². The molecular formula is C28H38N2O8S. The van der Waals surface area contributed by atoms with E-state index in [1.54, 1.807) is 36.4 Å². The molecule has 1 unspecified atom stereocenters. The molecule has 4 rings (SSSR count). The molecule has 2 aliphatic heterocycles. The Labute approximate surface area is 230 Å². The first kappa shape index (κ1) is 29.1. The zero-order valence-electron chi connectivity index (χ0n) is 22.6. The third kappa shape index (κ3) is 7.63. The molecule has 0 aliphatic carbocycles. The highest BCUT2D eigenvalue weighted by molar-refractivity contribution is 7.89. The van der Waals surface area contributed by atoms with Crippen molar-refractivity contribution in [1.82, 2.24) is 9.62 Å². The molecule has 0 aromatic heterocycles. The van der Waals surface area contributed by atoms with Crippen molar-refractivity contribution in [2.24, 2.45) is 11.8 Å². The maximum Gasteiger partial charge on any atom is 0.407 e. The standard InChI is InChI=1S/C28H38N2O8S/c1-19(2)17-30(39(33,34)24-10-8-23(35-3)9-11-24)14-12-21(16-20-4-6-22(31)7-5-20)29-28(32)38-26-18-37-27-25(26)13-15-36-27/h4-11,19,21,25-27,31H,12-18H2,1-3H3,(H,29,32)/t21?,25-,26-,27+/m0/s1. The number of benzene rings is 2. The number of hydrogen-bond donors (Lipinski definition) is 2. The summed E-state index contributed by atoms with van der Waals surface area (Å²) in [4.78, 5) is 13.1. The van der Waals surface area contributed by atoms with Gasteiger partial charge < -0.3 is 29.4 Å². The lowest BCUT2D eigenvalue weighted by molar-refractivity contribution is -0.0907. The van der Waals surface area contributed by atoms with Gasteiger partial charge in [0, 0.05) is 19.1 Å². The molecule has 1 amide bonds. The Morgan fingerprint density at radius 2 is 1.85 bits per heavy atom. The minimum Gasteiger partial charge on any atom is -0.508 e. The number of carbonyl (C=O) groups is 1. The lowest BCUT2D eigenvalue weighted by Gasteiger charge is -2.27. The summed E-state index contributed by atoms with van der Waals surface area (Å²) < 4.78 is 50.5. The van der Waals surface area contributed by atoms with Crippen LogP contribution in [0.25, 0.3) is 0 Å². The van der Waals surface area contributed by atoms with Crippen LogP contribution in [-0.4, -0.2) is 75.8 Å². The quantitative estimate of drug-likeness (QED) is 0.403. The Kier molecular flexibility index (Phi) is 9.71. The molecule has 2 saturated heterocycles. The first-order valence-corrected chi connectivity index (χ1v) is 14.7. The number of fused-ring (bicyclic) bond motifs is 1. The van der Waals surface area contributed by atoms with Crippen molar-refractivity contribution in [3.05, 3.63) is 54.1 Å². The fourth-order valence-electron chi connectivity index (χ4n) is 4.94. The number of amides is 1. The summed E-state index contributed by atoms with van der Waals surface area (Å²) in [5.41, 5.74) is 0.889. The van der Waals surface area contributed by atoms with Crippen LogP contribution in [0.15, 0.2) is 53.4 Å². The van der Waals surface area contributed by atoms with E-state index in [1.165, 1.54) is 23.5 Å². The average molecular weight is 563 g/mol. The van der Waals surface area contributed by atoms with Crippen molar-refractivity contribution in [3.63, 3.8) is 0 Å². The molecule has 10 nitrogen and oxygen atoms in total. The molecule has 11 heteroatoms. The highest BCUT2D eigenvalue weighted by Crippen LogP contribution is 2.33. The number of carbonyl (C=O) groups excluding carboxylic acids is 1. The first-order chi connectivity index (χ1) is 18.7. The van der Waals surface area contributed by atoms with Gasteiger partial charge in [-0.05, 0) is 67.1 Å². The van der Waals surface area contributed by atoms with Gasteiger partial charge in [-0.1, -0.05) is 26.0 Å². The van der Waals surface area contributed by atoms with Crippen molar-refractivity contribution < 1.29 is 37.3 Å². The molecule has 2 heterocycles. The Balaban J connectivity index is 1.47. The van der Waals surface area contributed by atoms with Gasteiger partial charge in [0.2, 0.25) is 10.0 Å². The molecule has 4 atom stereocenters. The summed E-state index contributed by atoms with van der Waals surface area (Å²) >= 11 is 0. The number of phenolic OH excluding ortho intramolecular Hbond substituents is 1. The van der Waals surface area contributed by atoms with E-state index in [1.807, 2.05) is 13.8 Å². The maximum absolute atomic E-state index is 13.6. The Morgan fingerprint density at radius 1 is 1.13 bits per heavy atom. The van der Waals surface area contributed by atoms with Gasteiger partial charge in [-0.15, -0.1) is 0 Å². The van der Waals surface area contributed by atoms with Crippen LogP contribution in [0.4, 0.5) is 4.79 Å². The van der Waals surface area contributed by atoms with Crippen LogP contribution in [0.3, 0.4) is 0 Å². The van der Waals surface area contributed by atoms with Gasteiger partial charge in [0.15, 0.2) is 6.29 Å². The van der Waals surface area contributed by atoms with E-state index >= 15 is 0 Å². The van der Waals surface area contributed by atoms with Crippen LogP contribution >= 0.6 is 0 Å². The van der Waals surface area contributed by atoms with E-state index in [-0.39, 0.29) is 48.0 Å². The number of phenols is 1. The molecule has 0 spiro atoms. The van der Waals surface area contributed by atoms with Gasteiger partial charge in [0.1, 0.15) is 17.6 Å². The van der Waals surface area contributed by atoms with Crippen LogP contribution in [0.5, 0.6) is 11.5 Å². The Hall–Kier alpha value is -2.86. The number of aromatic hydroxyl groups is 1. The highest BCUT2D eigenvalue weighted by Gasteiger charge is 2.44. The van der Waals surface area contributed by atoms with Crippen LogP contribution in [0, 0.1) is 11.8 Å². The molecular weight excluding hydrogens is 524 g/mol. The third-order valence-electron chi connectivity index (χ3n) is 6.98. The van der Waals surface area contributed by atoms with E-state index in [2.05, 4.69) is 5.32 Å². The summed E-state index contributed by atoms with van der Waals surface area (Å²) in [5.74, 6) is 0.827. The van der Waals surface area contributed by atoms with Gasteiger partial charge in [-0.2, -0.15) is 4.31 Å². The first-order valence-electron chi connectivity index (χ1n) is 13.3. The largest absolute Gasteiger partial charge is 0.508 e. The van der Waals surface area contributed by atoms with Crippen LogP contribution in [-0.2, 0) is 30.7 Å². The van der Waals surface area contributed by atoms with Gasteiger partial charge in [-0.3, -0.25) is 0 Å². The molecule has 2 fully saturated rings. The summed E-state index contributed by atoms with van der Waals surface area (Å²) in [6.45, 7) is 5.31. The third-order valence-corrected chi connectivity index (χ3v) is 8.86. The van der Waals surface area contributed by atoms with Crippen molar-refractivity contribution in [2.75, 3.05) is 33.4 Å². The Morgan fingerprint density at radius 3 is 2.51 bits per heavy atom. The monoisotopic (exact) mass is 562 g/mol. The normalized spacial score (nSPS) is 21.6. The predicted molar refractivity (Wildman–Crippen MR) is 144 cm³/mol. The molecule has 2 aliphatic rings. The minimum absolute atomic E-state index is 0.0162. The smallest absolute Gasteiger partial charge is 0.407 e. The second kappa shape index (κ2) is 13.0. The minimum atomic E-state index is -3.78. The van der Waals surface area contributed by atoms with E-state index in [0.29, 0.717) is 31.7 Å². The topological polar surface area (TPSA) is 124 Å². The van der Waals surface area contributed by atoms with Gasteiger partial charge in [0.25, 0.3) is 0 Å². The highest BCUT2D eigenvalue weighted by atomic mass is 32.2. The summed E-state index contributed by atoms with van der Waals surface area (Å²) in [7, 11) is -2.25. The SMILES string of the molecule is COc1ccc(S(=O)(=O)N(CCC(Cc2ccc(O)cc2)NC(=O)O[C@H]2CO[C@H]3OCC[C@H]32)CC(C)C)cc1. The number of nitrogens with one attached hydrogen (secondary N) is 1. The van der Waals surface area contributed by atoms with Gasteiger partial charge in [-0.25, -0.2) is 13.2 Å². The maximum atomic E-state index is 13.6. The molecule has 0 saturated carbocycles. The number of alkyl carbamates (subject to hydrolysis) is 1. The molecule has 0 radical (unpaired) electrons. The number of nitrogens with zero attached hydrogens (tertiary/aromatic N) is 1. The molecule has 214 valence electrons. The van der Waals surface area contributed by atoms with E-state index in [9.17, 15) is 18.3 Å². The lowest BCUT2D eigenvalue weighted by atomic mass is 10.0. The van der Waals surface area contributed by atoms with Crippen molar-refractivity contribution in [3.8, 4) is 11.5 Å². The second-order valence-corrected chi connectivity index (χ2v) is 12.3. The van der Waals surface area contributed by atoms with Crippen molar-refractivity contribution >= 4 is 16.1 Å². The van der Waals surface area contributed by atoms with E-state index < -0.39 is 22.2 Å². The second-order valence-electron chi connectivity index (χ2n) is 10.4. The van der Waals surface area contributed by atoms with Crippen LogP contribution < -0.4 is 10.1 Å². The van der Waals surface area contributed by atoms with Gasteiger partial charge >= 0.3 is 6.09 Å². The summed E-state index contributed by atoms with van der Waals surface area (Å²) in [5, 5.41) is 12.6. The van der Waals surface area contributed by atoms with Crippen molar-refractivity contribution in [1.29, 1.82) is 0 Å². The van der Waals surface area contributed by atoms with Crippen LogP contribution in [0.1, 0.15) is 32.3 Å². The van der Waals surface area contributed by atoms with Crippen molar-refractivity contribution in [2.45, 2.75) is 56.4 Å². The fourth-order valence-corrected chi connectivity index (χ4v) is 6.56. The molecule has 2 aromatic carbocycles. The number of ether oxygens (including phenoxy) is 4. The lowest BCUT2D eigenvalue weighted by Crippen LogP contribution is -2.43. The molecule has 2 N–H and O–H groups in total. The average Bonchev–Trinajstić information content (AvgIpc) is 3.52. The summed E-state index contributed by atoms with van der Waals surface area (Å²) in [6, 6.07) is 12.6. The number of hydrogen-bond acceptors (Lipinski definition) is 8. The number of methoxy groups -OCH3 is 1. The zero-order chi connectivity index (χ0) is 28.0. The molecule has 2 aromatic rings. The van der Waals surface area contributed by atoms with Crippen LogP contribution in [0.2, 0.25) is 0 Å².